The highest BCUT2D eigenvalue weighted by Crippen LogP contribution is 2.28. The number of amides is 1. The van der Waals surface area contributed by atoms with Gasteiger partial charge in [0.1, 0.15) is 11.4 Å². The van der Waals surface area contributed by atoms with Gasteiger partial charge in [-0.05, 0) is 68.3 Å². The molecule has 0 saturated carbocycles. The maximum Gasteiger partial charge on any atom is 0.407 e. The molecule has 0 aliphatic rings. The van der Waals surface area contributed by atoms with Crippen molar-refractivity contribution in [3.05, 3.63) is 64.0 Å². The molecule has 0 aliphatic heterocycles. The van der Waals surface area contributed by atoms with Gasteiger partial charge in [-0.15, -0.1) is 0 Å². The van der Waals surface area contributed by atoms with Crippen LogP contribution in [0.3, 0.4) is 0 Å². The summed E-state index contributed by atoms with van der Waals surface area (Å²) in [5.74, 6) is -0.531. The van der Waals surface area contributed by atoms with E-state index in [2.05, 4.69) is 26.2 Å². The van der Waals surface area contributed by atoms with E-state index in [1.807, 2.05) is 0 Å². The largest absolute Gasteiger partial charge is 0.444 e. The van der Waals surface area contributed by atoms with Crippen molar-refractivity contribution in [2.75, 3.05) is 6.26 Å². The average molecular weight is 526 g/mol. The van der Waals surface area contributed by atoms with E-state index in [4.69, 9.17) is 10.5 Å². The number of alkyl carbamates (subject to hydrolysis) is 1. The molecule has 0 bridgehead atoms. The molecule has 1 amide bonds. The molecule has 3 N–H and O–H groups in total. The zero-order chi connectivity index (χ0) is 24.1. The fraction of sp³-hybridized carbons (Fsp3) is 0.273. The van der Waals surface area contributed by atoms with Gasteiger partial charge in [-0.1, -0.05) is 15.9 Å². The SMILES string of the molecule is CC(C)(C)OC(=O)NCc1cc(F)cc(C(C=Nc2ccc(Br)cc2S(C)(=O)=O)=CN)c1. The minimum absolute atomic E-state index is 0.0413. The number of hydrogen-bond donors (Lipinski definition) is 2. The number of nitrogens with two attached hydrogens (primary N) is 1. The predicted octanol–water partition coefficient (Wildman–Crippen LogP) is 4.72. The molecule has 2 aromatic carbocycles. The molecule has 32 heavy (non-hydrogen) atoms. The maximum atomic E-state index is 14.2. The number of hydrogen-bond acceptors (Lipinski definition) is 6. The zero-order valence-corrected chi connectivity index (χ0v) is 20.6. The van der Waals surface area contributed by atoms with E-state index in [1.165, 1.54) is 30.6 Å². The number of nitrogens with one attached hydrogen (secondary N) is 1. The third-order valence-electron chi connectivity index (χ3n) is 3.97. The molecule has 10 heteroatoms. The molecule has 0 spiro atoms. The number of carbonyl (C=O) groups excluding carboxylic acids is 1. The van der Waals surface area contributed by atoms with E-state index < -0.39 is 27.3 Å². The monoisotopic (exact) mass is 525 g/mol. The van der Waals surface area contributed by atoms with E-state index >= 15 is 0 Å². The van der Waals surface area contributed by atoms with Crippen LogP contribution in [0, 0.1) is 5.82 Å². The van der Waals surface area contributed by atoms with Crippen molar-refractivity contribution < 1.29 is 22.3 Å². The molecule has 172 valence electrons. The van der Waals surface area contributed by atoms with Crippen LogP contribution in [-0.4, -0.2) is 32.6 Å². The minimum Gasteiger partial charge on any atom is -0.444 e. The first-order chi connectivity index (χ1) is 14.8. The Kier molecular flexibility index (Phi) is 8.19. The van der Waals surface area contributed by atoms with E-state index in [0.29, 0.717) is 21.2 Å². The summed E-state index contributed by atoms with van der Waals surface area (Å²) in [6.45, 7) is 5.26. The molecular weight excluding hydrogens is 501 g/mol. The van der Waals surface area contributed by atoms with Crippen molar-refractivity contribution in [2.45, 2.75) is 37.8 Å². The summed E-state index contributed by atoms with van der Waals surface area (Å²) < 4.78 is 44.1. The molecule has 0 fully saturated rings. The quantitative estimate of drug-likeness (QED) is 0.530. The molecule has 0 unspecified atom stereocenters. The number of sulfone groups is 1. The lowest BCUT2D eigenvalue weighted by atomic mass is 10.0. The van der Waals surface area contributed by atoms with Crippen molar-refractivity contribution in [3.63, 3.8) is 0 Å². The van der Waals surface area contributed by atoms with Crippen LogP contribution in [0.15, 0.2) is 57.0 Å². The number of benzene rings is 2. The lowest BCUT2D eigenvalue weighted by molar-refractivity contribution is 0.0523. The second-order valence-electron chi connectivity index (χ2n) is 7.97. The number of halogens is 2. The van der Waals surface area contributed by atoms with Crippen molar-refractivity contribution in [3.8, 4) is 0 Å². The summed E-state index contributed by atoms with van der Waals surface area (Å²) in [5, 5.41) is 2.57. The molecular formula is C22H25BrFN3O4S. The van der Waals surface area contributed by atoms with Gasteiger partial charge in [-0.25, -0.2) is 17.6 Å². The van der Waals surface area contributed by atoms with E-state index in [1.54, 1.807) is 39.0 Å². The van der Waals surface area contributed by atoms with Crippen LogP contribution >= 0.6 is 15.9 Å². The van der Waals surface area contributed by atoms with Gasteiger partial charge in [0.25, 0.3) is 0 Å². The Balaban J connectivity index is 2.28. The Morgan fingerprint density at radius 3 is 2.53 bits per heavy atom. The Labute approximate surface area is 195 Å². The minimum atomic E-state index is -3.52. The van der Waals surface area contributed by atoms with Crippen LogP contribution in [-0.2, 0) is 21.1 Å². The van der Waals surface area contributed by atoms with Crippen molar-refractivity contribution >= 4 is 49.3 Å². The number of aliphatic imine (C=N–C) groups is 1. The lowest BCUT2D eigenvalue weighted by Crippen LogP contribution is -2.32. The first-order valence-corrected chi connectivity index (χ1v) is 12.2. The van der Waals surface area contributed by atoms with Gasteiger partial charge in [0.15, 0.2) is 9.84 Å². The van der Waals surface area contributed by atoms with Gasteiger partial charge in [-0.2, -0.15) is 0 Å². The summed E-state index contributed by atoms with van der Waals surface area (Å²) in [6, 6.07) is 8.85. The molecule has 0 atom stereocenters. The van der Waals surface area contributed by atoms with E-state index in [-0.39, 0.29) is 17.1 Å². The highest BCUT2D eigenvalue weighted by Gasteiger charge is 2.16. The first kappa shape index (κ1) is 25.5. The van der Waals surface area contributed by atoms with Gasteiger partial charge in [0.05, 0.1) is 10.6 Å². The summed E-state index contributed by atoms with van der Waals surface area (Å²) in [6.07, 6.45) is 3.06. The van der Waals surface area contributed by atoms with Crippen molar-refractivity contribution in [2.24, 2.45) is 10.7 Å². The number of nitrogens with zero attached hydrogens (tertiary/aromatic N) is 1. The van der Waals surface area contributed by atoms with E-state index in [0.717, 1.165) is 6.26 Å². The predicted molar refractivity (Wildman–Crippen MR) is 127 cm³/mol. The topological polar surface area (TPSA) is 111 Å². The fourth-order valence-electron chi connectivity index (χ4n) is 2.65. The van der Waals surface area contributed by atoms with Crippen LogP contribution in [0.5, 0.6) is 0 Å². The van der Waals surface area contributed by atoms with Gasteiger partial charge < -0.3 is 15.8 Å². The van der Waals surface area contributed by atoms with Gasteiger partial charge in [0, 0.05) is 35.3 Å². The summed E-state index contributed by atoms with van der Waals surface area (Å²) in [4.78, 5) is 16.1. The number of carbonyl (C=O) groups is 1. The molecule has 2 aromatic rings. The van der Waals surface area contributed by atoms with Crippen LogP contribution in [0.1, 0.15) is 31.9 Å². The molecule has 2 rings (SSSR count). The van der Waals surface area contributed by atoms with Crippen molar-refractivity contribution in [1.29, 1.82) is 0 Å². The Bertz CT molecular complexity index is 1170. The van der Waals surface area contributed by atoms with Gasteiger partial charge in [0.2, 0.25) is 0 Å². The third kappa shape index (κ3) is 7.76. The molecule has 0 aromatic heterocycles. The third-order valence-corrected chi connectivity index (χ3v) is 5.59. The number of allylic oxidation sites excluding steroid dienone is 1. The normalized spacial score (nSPS) is 12.8. The van der Waals surface area contributed by atoms with Crippen molar-refractivity contribution in [1.82, 2.24) is 5.32 Å². The highest BCUT2D eigenvalue weighted by atomic mass is 79.9. The van der Waals surface area contributed by atoms with Crippen LogP contribution in [0.4, 0.5) is 14.9 Å². The highest BCUT2D eigenvalue weighted by molar-refractivity contribution is 9.10. The summed E-state index contributed by atoms with van der Waals surface area (Å²) in [5.41, 5.74) is 6.55. The first-order valence-electron chi connectivity index (χ1n) is 9.51. The van der Waals surface area contributed by atoms with E-state index in [9.17, 15) is 17.6 Å². The molecule has 0 heterocycles. The summed E-state index contributed by atoms with van der Waals surface area (Å²) >= 11 is 3.25. The molecule has 0 radical (unpaired) electrons. The standard InChI is InChI=1S/C22H25BrFN3O4S/c1-22(2,3)31-21(28)27-12-14-7-15(9-18(24)8-14)16(11-25)13-26-19-6-5-17(23)10-20(19)32(4,29)30/h5-11,13H,12,25H2,1-4H3,(H,27,28). The molecule has 7 nitrogen and oxygen atoms in total. The lowest BCUT2D eigenvalue weighted by Gasteiger charge is -2.19. The Morgan fingerprint density at radius 2 is 1.94 bits per heavy atom. The molecule has 0 saturated heterocycles. The van der Waals surface area contributed by atoms with Crippen LogP contribution in [0.2, 0.25) is 0 Å². The van der Waals surface area contributed by atoms with Crippen LogP contribution in [0.25, 0.3) is 5.57 Å². The second-order valence-corrected chi connectivity index (χ2v) is 10.9. The summed E-state index contributed by atoms with van der Waals surface area (Å²) in [7, 11) is -3.52. The van der Waals surface area contributed by atoms with Crippen LogP contribution < -0.4 is 11.1 Å². The number of ether oxygens (including phenoxy) is 1. The maximum absolute atomic E-state index is 14.2. The Morgan fingerprint density at radius 1 is 1.25 bits per heavy atom. The second kappa shape index (κ2) is 10.3. The smallest absolute Gasteiger partial charge is 0.407 e. The average Bonchev–Trinajstić information content (AvgIpc) is 2.65. The Hall–Kier alpha value is -2.72. The van der Waals surface area contributed by atoms with Gasteiger partial charge >= 0.3 is 6.09 Å². The van der Waals surface area contributed by atoms with Gasteiger partial charge in [-0.3, -0.25) is 4.99 Å². The zero-order valence-electron chi connectivity index (χ0n) is 18.1. The molecule has 0 aliphatic carbocycles. The number of rotatable bonds is 6. The fourth-order valence-corrected chi connectivity index (χ4v) is 4.01.